The van der Waals surface area contributed by atoms with Gasteiger partial charge in [0.05, 0.1) is 12.3 Å². The molecule has 2 rings (SSSR count). The largest absolute Gasteiger partial charge is 0.465 e. The van der Waals surface area contributed by atoms with Crippen molar-refractivity contribution >= 4 is 5.97 Å². The average Bonchev–Trinajstić information content (AvgIpc) is 2.69. The number of aromatic nitrogens is 2. The predicted octanol–water partition coefficient (Wildman–Crippen LogP) is 3.12. The van der Waals surface area contributed by atoms with Gasteiger partial charge in [-0.2, -0.15) is 5.10 Å². The zero-order chi connectivity index (χ0) is 15.4. The molecule has 1 aliphatic carbocycles. The molecule has 0 amide bonds. The van der Waals surface area contributed by atoms with E-state index < -0.39 is 0 Å². The first-order chi connectivity index (χ1) is 9.99. The van der Waals surface area contributed by atoms with Crippen LogP contribution in [0.5, 0.6) is 0 Å². The molecule has 1 heterocycles. The number of nitrogens with zero attached hydrogens (tertiary/aromatic N) is 2. The molecule has 4 heteroatoms. The minimum absolute atomic E-state index is 0.0978. The van der Waals surface area contributed by atoms with Crippen LogP contribution in [-0.2, 0) is 23.0 Å². The smallest absolute Gasteiger partial charge is 0.306 e. The summed E-state index contributed by atoms with van der Waals surface area (Å²) in [6.45, 7) is 6.81. The molecule has 1 aromatic rings. The summed E-state index contributed by atoms with van der Waals surface area (Å²) in [6, 6.07) is 0. The molecule has 21 heavy (non-hydrogen) atoms. The lowest BCUT2D eigenvalue weighted by Gasteiger charge is -2.24. The lowest BCUT2D eigenvalue weighted by atomic mass is 9.85. The molecule has 0 radical (unpaired) electrons. The Kier molecular flexibility index (Phi) is 5.21. The Bertz CT molecular complexity index is 531. The monoisotopic (exact) mass is 290 g/mol. The summed E-state index contributed by atoms with van der Waals surface area (Å²) in [6.07, 6.45) is 7.68. The third-order valence-corrected chi connectivity index (χ3v) is 4.61. The maximum absolute atomic E-state index is 11.9. The summed E-state index contributed by atoms with van der Waals surface area (Å²) >= 11 is 0. The van der Waals surface area contributed by atoms with Crippen LogP contribution in [-0.4, -0.2) is 22.4 Å². The molecule has 0 spiro atoms. The van der Waals surface area contributed by atoms with E-state index in [0.29, 0.717) is 31.3 Å². The Morgan fingerprint density at radius 2 is 2.10 bits per heavy atom. The number of carbonyl (C=O) groups excluding carboxylic acids is 1. The van der Waals surface area contributed by atoms with Crippen molar-refractivity contribution in [3.05, 3.63) is 29.1 Å². The number of aryl methyl sites for hydroxylation is 2. The van der Waals surface area contributed by atoms with Gasteiger partial charge in [0.2, 0.25) is 0 Å². The van der Waals surface area contributed by atoms with E-state index in [1.54, 1.807) is 0 Å². The van der Waals surface area contributed by atoms with Crippen molar-refractivity contribution in [2.75, 3.05) is 6.61 Å². The van der Waals surface area contributed by atoms with Gasteiger partial charge in [0.15, 0.2) is 0 Å². The van der Waals surface area contributed by atoms with E-state index >= 15 is 0 Å². The number of hydrogen-bond acceptors (Lipinski definition) is 3. The molecule has 0 bridgehead atoms. The first-order valence-corrected chi connectivity index (χ1v) is 7.78. The van der Waals surface area contributed by atoms with Crippen molar-refractivity contribution in [1.29, 1.82) is 0 Å². The summed E-state index contributed by atoms with van der Waals surface area (Å²) < 4.78 is 7.33. The Morgan fingerprint density at radius 1 is 1.38 bits per heavy atom. The van der Waals surface area contributed by atoms with Gasteiger partial charge in [-0.1, -0.05) is 19.1 Å². The molecular formula is C17H26N2O2. The van der Waals surface area contributed by atoms with Gasteiger partial charge in [0.25, 0.3) is 0 Å². The van der Waals surface area contributed by atoms with E-state index in [0.717, 1.165) is 24.2 Å². The van der Waals surface area contributed by atoms with Gasteiger partial charge in [-0.05, 0) is 50.5 Å². The Labute approximate surface area is 127 Å². The summed E-state index contributed by atoms with van der Waals surface area (Å²) in [4.78, 5) is 11.9. The average molecular weight is 290 g/mol. The van der Waals surface area contributed by atoms with Crippen LogP contribution in [0.2, 0.25) is 0 Å². The third-order valence-electron chi connectivity index (χ3n) is 4.61. The maximum Gasteiger partial charge on any atom is 0.306 e. The molecule has 0 N–H and O–H groups in total. The van der Waals surface area contributed by atoms with E-state index in [9.17, 15) is 4.79 Å². The van der Waals surface area contributed by atoms with Crippen LogP contribution < -0.4 is 0 Å². The number of rotatable bonds is 5. The van der Waals surface area contributed by atoms with Gasteiger partial charge in [-0.25, -0.2) is 0 Å². The van der Waals surface area contributed by atoms with Crippen LogP contribution in [0.3, 0.4) is 0 Å². The second-order valence-electron chi connectivity index (χ2n) is 6.14. The Morgan fingerprint density at radius 3 is 2.71 bits per heavy atom. The minimum Gasteiger partial charge on any atom is -0.465 e. The van der Waals surface area contributed by atoms with Gasteiger partial charge in [0, 0.05) is 19.2 Å². The van der Waals surface area contributed by atoms with Crippen LogP contribution in [0, 0.1) is 25.7 Å². The van der Waals surface area contributed by atoms with Gasteiger partial charge in [-0.15, -0.1) is 0 Å². The number of carbonyl (C=O) groups is 1. The second kappa shape index (κ2) is 6.92. The van der Waals surface area contributed by atoms with Crippen molar-refractivity contribution in [2.45, 2.75) is 46.5 Å². The Balaban J connectivity index is 1.78. The highest BCUT2D eigenvalue weighted by atomic mass is 16.5. The molecule has 1 aromatic heterocycles. The first kappa shape index (κ1) is 15.8. The highest BCUT2D eigenvalue weighted by molar-refractivity contribution is 5.69. The minimum atomic E-state index is -0.0978. The molecule has 1 aliphatic rings. The second-order valence-corrected chi connectivity index (χ2v) is 6.14. The van der Waals surface area contributed by atoms with Crippen LogP contribution in [0.1, 0.15) is 43.1 Å². The molecule has 116 valence electrons. The number of hydrogen-bond donors (Lipinski definition) is 0. The van der Waals surface area contributed by atoms with E-state index in [1.807, 2.05) is 25.6 Å². The highest BCUT2D eigenvalue weighted by Crippen LogP contribution is 2.25. The fourth-order valence-electron chi connectivity index (χ4n) is 2.92. The van der Waals surface area contributed by atoms with Crippen molar-refractivity contribution in [3.8, 4) is 0 Å². The van der Waals surface area contributed by atoms with Crippen molar-refractivity contribution in [2.24, 2.45) is 18.9 Å². The molecule has 0 aromatic carbocycles. The SMILES string of the molecule is Cc1nn(C)c(C)c1CCC(=O)OCC1CC=CCC1C. The van der Waals surface area contributed by atoms with Gasteiger partial charge in [-0.3, -0.25) is 9.48 Å². The van der Waals surface area contributed by atoms with Crippen LogP contribution in [0.15, 0.2) is 12.2 Å². The van der Waals surface area contributed by atoms with Gasteiger partial charge in [0.1, 0.15) is 0 Å². The van der Waals surface area contributed by atoms with Crippen LogP contribution in [0.25, 0.3) is 0 Å². The van der Waals surface area contributed by atoms with E-state index in [2.05, 4.69) is 24.2 Å². The molecule has 0 aliphatic heterocycles. The van der Waals surface area contributed by atoms with E-state index in [4.69, 9.17) is 4.74 Å². The Hall–Kier alpha value is -1.58. The molecule has 0 saturated heterocycles. The van der Waals surface area contributed by atoms with Crippen molar-refractivity contribution < 1.29 is 9.53 Å². The molecule has 0 saturated carbocycles. The van der Waals surface area contributed by atoms with E-state index in [-0.39, 0.29) is 5.97 Å². The van der Waals surface area contributed by atoms with Gasteiger partial charge < -0.3 is 4.74 Å². The number of allylic oxidation sites excluding steroid dienone is 2. The highest BCUT2D eigenvalue weighted by Gasteiger charge is 2.20. The predicted molar refractivity (Wildman–Crippen MR) is 83.0 cm³/mol. The fourth-order valence-corrected chi connectivity index (χ4v) is 2.92. The zero-order valence-corrected chi connectivity index (χ0v) is 13.6. The number of esters is 1. The summed E-state index contributed by atoms with van der Waals surface area (Å²) in [7, 11) is 1.93. The van der Waals surface area contributed by atoms with Crippen LogP contribution >= 0.6 is 0 Å². The molecular weight excluding hydrogens is 264 g/mol. The molecule has 2 atom stereocenters. The lowest BCUT2D eigenvalue weighted by molar-refractivity contribution is -0.145. The molecule has 2 unspecified atom stereocenters. The molecule has 4 nitrogen and oxygen atoms in total. The lowest BCUT2D eigenvalue weighted by Crippen LogP contribution is -2.21. The zero-order valence-electron chi connectivity index (χ0n) is 13.6. The van der Waals surface area contributed by atoms with Gasteiger partial charge >= 0.3 is 5.97 Å². The summed E-state index contributed by atoms with van der Waals surface area (Å²) in [5.74, 6) is 0.978. The molecule has 0 fully saturated rings. The summed E-state index contributed by atoms with van der Waals surface area (Å²) in [5.41, 5.74) is 3.31. The van der Waals surface area contributed by atoms with Crippen molar-refractivity contribution in [1.82, 2.24) is 9.78 Å². The van der Waals surface area contributed by atoms with E-state index in [1.165, 1.54) is 5.56 Å². The third kappa shape index (κ3) is 3.96. The fraction of sp³-hybridized carbons (Fsp3) is 0.647. The standard InChI is InChI=1S/C17H26N2O2/c1-12-7-5-6-8-15(12)11-21-17(20)10-9-16-13(2)18-19(4)14(16)3/h5-6,12,15H,7-11H2,1-4H3. The summed E-state index contributed by atoms with van der Waals surface area (Å²) in [5, 5.41) is 4.37. The maximum atomic E-state index is 11.9. The number of ether oxygens (including phenoxy) is 1. The quantitative estimate of drug-likeness (QED) is 0.618. The first-order valence-electron chi connectivity index (χ1n) is 7.78. The van der Waals surface area contributed by atoms with Crippen molar-refractivity contribution in [3.63, 3.8) is 0 Å². The topological polar surface area (TPSA) is 44.1 Å². The van der Waals surface area contributed by atoms with Crippen LogP contribution in [0.4, 0.5) is 0 Å². The normalized spacial score (nSPS) is 21.5.